The smallest absolute Gasteiger partial charge is 0.231 e. The molecule has 0 aliphatic carbocycles. The van der Waals surface area contributed by atoms with Gasteiger partial charge in [0, 0.05) is 12.6 Å². The Hall–Kier alpha value is -1.88. The number of Topliss-reactive ketones (excluding diaryl/α,β-unsaturated/α-hetero) is 1. The minimum absolute atomic E-state index is 0.191. The highest BCUT2D eigenvalue weighted by molar-refractivity contribution is 6.34. The Morgan fingerprint density at radius 2 is 1.83 bits per heavy atom. The van der Waals surface area contributed by atoms with Crippen molar-refractivity contribution in [3.8, 4) is 0 Å². The van der Waals surface area contributed by atoms with Gasteiger partial charge in [0.2, 0.25) is 11.8 Å². The summed E-state index contributed by atoms with van der Waals surface area (Å²) in [6.07, 6.45) is -0.191. The number of anilines is 2. The van der Waals surface area contributed by atoms with Gasteiger partial charge in [-0.1, -0.05) is 11.6 Å². The second-order valence-corrected chi connectivity index (χ2v) is 4.21. The average molecular weight is 269 g/mol. The summed E-state index contributed by atoms with van der Waals surface area (Å²) in [7, 11) is 0. The second kappa shape index (κ2) is 6.16. The van der Waals surface area contributed by atoms with Crippen LogP contribution in [0.3, 0.4) is 0 Å². The van der Waals surface area contributed by atoms with E-state index in [9.17, 15) is 14.4 Å². The van der Waals surface area contributed by atoms with Crippen LogP contribution in [-0.4, -0.2) is 17.6 Å². The largest absolute Gasteiger partial charge is 0.326 e. The third-order valence-electron chi connectivity index (χ3n) is 1.97. The Morgan fingerprint density at radius 1 is 1.17 bits per heavy atom. The standard InChI is InChI=1S/C12H13ClN2O3/c1-7(16)5-12(18)15-11-4-3-9(6-10(11)13)14-8(2)17/h3-4,6H,5H2,1-2H3,(H,14,17)(H,15,18). The number of hydrogen-bond donors (Lipinski definition) is 2. The van der Waals surface area contributed by atoms with Gasteiger partial charge in [0.15, 0.2) is 0 Å². The van der Waals surface area contributed by atoms with Crippen LogP contribution < -0.4 is 10.6 Å². The number of amides is 2. The Kier molecular flexibility index (Phi) is 4.85. The summed E-state index contributed by atoms with van der Waals surface area (Å²) >= 11 is 5.94. The molecule has 0 saturated carbocycles. The molecule has 0 aliphatic heterocycles. The van der Waals surface area contributed by atoms with Gasteiger partial charge in [-0.25, -0.2) is 0 Å². The summed E-state index contributed by atoms with van der Waals surface area (Å²) in [5.74, 6) is -0.852. The summed E-state index contributed by atoms with van der Waals surface area (Å²) in [4.78, 5) is 33.0. The predicted octanol–water partition coefficient (Wildman–Crippen LogP) is 2.22. The lowest BCUT2D eigenvalue weighted by Gasteiger charge is -2.08. The number of carbonyl (C=O) groups is 3. The minimum Gasteiger partial charge on any atom is -0.326 e. The molecule has 1 aromatic rings. The first kappa shape index (κ1) is 14.2. The SMILES string of the molecule is CC(=O)CC(=O)Nc1ccc(NC(C)=O)cc1Cl. The van der Waals surface area contributed by atoms with E-state index >= 15 is 0 Å². The van der Waals surface area contributed by atoms with Crippen molar-refractivity contribution in [2.75, 3.05) is 10.6 Å². The first-order valence-electron chi connectivity index (χ1n) is 5.25. The molecule has 0 bridgehead atoms. The summed E-state index contributed by atoms with van der Waals surface area (Å²) < 4.78 is 0. The van der Waals surface area contributed by atoms with Crippen molar-refractivity contribution in [1.29, 1.82) is 0 Å². The third kappa shape index (κ3) is 4.55. The van der Waals surface area contributed by atoms with E-state index in [0.717, 1.165) is 0 Å². The van der Waals surface area contributed by atoms with Crippen molar-refractivity contribution in [3.63, 3.8) is 0 Å². The number of benzene rings is 1. The molecule has 0 atom stereocenters. The van der Waals surface area contributed by atoms with Crippen LogP contribution in [-0.2, 0) is 14.4 Å². The summed E-state index contributed by atoms with van der Waals surface area (Å²) in [6.45, 7) is 2.72. The van der Waals surface area contributed by atoms with Crippen LogP contribution >= 0.6 is 11.6 Å². The van der Waals surface area contributed by atoms with Gasteiger partial charge < -0.3 is 10.6 Å². The first-order valence-corrected chi connectivity index (χ1v) is 5.62. The molecule has 0 heterocycles. The molecule has 0 spiro atoms. The van der Waals surface area contributed by atoms with Gasteiger partial charge in [0.05, 0.1) is 17.1 Å². The van der Waals surface area contributed by atoms with Gasteiger partial charge in [-0.3, -0.25) is 14.4 Å². The van der Waals surface area contributed by atoms with E-state index < -0.39 is 5.91 Å². The van der Waals surface area contributed by atoms with E-state index in [1.807, 2.05) is 0 Å². The van der Waals surface area contributed by atoms with Gasteiger partial charge in [-0.15, -0.1) is 0 Å². The molecule has 6 heteroatoms. The highest BCUT2D eigenvalue weighted by Crippen LogP contribution is 2.25. The molecule has 0 unspecified atom stereocenters. The molecule has 0 fully saturated rings. The fourth-order valence-electron chi connectivity index (χ4n) is 1.32. The van der Waals surface area contributed by atoms with Crippen LogP contribution in [0.25, 0.3) is 0 Å². The molecule has 0 saturated heterocycles. The third-order valence-corrected chi connectivity index (χ3v) is 2.29. The quantitative estimate of drug-likeness (QED) is 0.822. The lowest BCUT2D eigenvalue weighted by molar-refractivity contribution is -0.124. The van der Waals surface area contributed by atoms with Crippen molar-refractivity contribution in [1.82, 2.24) is 0 Å². The maximum absolute atomic E-state index is 11.4. The normalized spacial score (nSPS) is 9.72. The molecule has 2 N–H and O–H groups in total. The van der Waals surface area contributed by atoms with Crippen molar-refractivity contribution in [2.24, 2.45) is 0 Å². The monoisotopic (exact) mass is 268 g/mol. The van der Waals surface area contributed by atoms with Crippen LogP contribution in [0.1, 0.15) is 20.3 Å². The number of halogens is 1. The molecule has 18 heavy (non-hydrogen) atoms. The fourth-order valence-corrected chi connectivity index (χ4v) is 1.55. The zero-order valence-corrected chi connectivity index (χ0v) is 10.8. The molecule has 96 valence electrons. The number of nitrogens with one attached hydrogen (secondary N) is 2. The van der Waals surface area contributed by atoms with Crippen molar-refractivity contribution in [2.45, 2.75) is 20.3 Å². The Bertz CT molecular complexity index is 500. The van der Waals surface area contributed by atoms with Gasteiger partial charge in [-0.2, -0.15) is 0 Å². The molecule has 1 aromatic carbocycles. The van der Waals surface area contributed by atoms with E-state index in [-0.39, 0.29) is 23.1 Å². The Balaban J connectivity index is 2.76. The lowest BCUT2D eigenvalue weighted by atomic mass is 10.2. The topological polar surface area (TPSA) is 75.3 Å². The number of carbonyl (C=O) groups excluding carboxylic acids is 3. The number of ketones is 1. The predicted molar refractivity (Wildman–Crippen MR) is 69.7 cm³/mol. The van der Waals surface area contributed by atoms with Crippen LogP contribution in [0.5, 0.6) is 0 Å². The molecular weight excluding hydrogens is 256 g/mol. The van der Waals surface area contributed by atoms with Crippen molar-refractivity contribution in [3.05, 3.63) is 23.2 Å². The molecule has 0 aromatic heterocycles. The number of hydrogen-bond acceptors (Lipinski definition) is 3. The van der Waals surface area contributed by atoms with Crippen LogP contribution in [0.4, 0.5) is 11.4 Å². The molecule has 0 radical (unpaired) electrons. The first-order chi connectivity index (χ1) is 8.38. The Labute approximate surface area is 110 Å². The lowest BCUT2D eigenvalue weighted by Crippen LogP contribution is -2.15. The molecule has 0 aliphatic rings. The maximum atomic E-state index is 11.4. The highest BCUT2D eigenvalue weighted by atomic mass is 35.5. The highest BCUT2D eigenvalue weighted by Gasteiger charge is 2.08. The summed E-state index contributed by atoms with van der Waals surface area (Å²) in [6, 6.07) is 4.69. The summed E-state index contributed by atoms with van der Waals surface area (Å²) in [5.41, 5.74) is 0.939. The average Bonchev–Trinajstić information content (AvgIpc) is 2.20. The second-order valence-electron chi connectivity index (χ2n) is 3.80. The van der Waals surface area contributed by atoms with Crippen LogP contribution in [0, 0.1) is 0 Å². The zero-order chi connectivity index (χ0) is 13.7. The van der Waals surface area contributed by atoms with E-state index in [0.29, 0.717) is 11.4 Å². The summed E-state index contributed by atoms with van der Waals surface area (Å²) in [5, 5.41) is 5.38. The maximum Gasteiger partial charge on any atom is 0.231 e. The minimum atomic E-state index is -0.420. The molecule has 5 nitrogen and oxygen atoms in total. The van der Waals surface area contributed by atoms with Gasteiger partial charge in [0.25, 0.3) is 0 Å². The van der Waals surface area contributed by atoms with E-state index in [1.165, 1.54) is 19.9 Å². The zero-order valence-electron chi connectivity index (χ0n) is 10.0. The van der Waals surface area contributed by atoms with Crippen LogP contribution in [0.15, 0.2) is 18.2 Å². The van der Waals surface area contributed by atoms with Gasteiger partial charge in [0.1, 0.15) is 5.78 Å². The van der Waals surface area contributed by atoms with E-state index in [4.69, 9.17) is 11.6 Å². The Morgan fingerprint density at radius 3 is 2.33 bits per heavy atom. The van der Waals surface area contributed by atoms with Gasteiger partial charge >= 0.3 is 0 Å². The fraction of sp³-hybridized carbons (Fsp3) is 0.250. The molecular formula is C12H13ClN2O3. The molecule has 2 amide bonds. The van der Waals surface area contributed by atoms with Gasteiger partial charge in [-0.05, 0) is 25.1 Å². The van der Waals surface area contributed by atoms with E-state index in [1.54, 1.807) is 12.1 Å². The number of rotatable bonds is 4. The molecule has 1 rings (SSSR count). The van der Waals surface area contributed by atoms with E-state index in [2.05, 4.69) is 10.6 Å². The van der Waals surface area contributed by atoms with Crippen LogP contribution in [0.2, 0.25) is 5.02 Å². The van der Waals surface area contributed by atoms with Crippen molar-refractivity contribution >= 4 is 40.6 Å². The van der Waals surface area contributed by atoms with Crippen molar-refractivity contribution < 1.29 is 14.4 Å².